The zero-order valence-corrected chi connectivity index (χ0v) is 13.4. The number of nitrogens with zero attached hydrogens (tertiary/aromatic N) is 1. The van der Waals surface area contributed by atoms with E-state index in [1.807, 2.05) is 30.3 Å². The van der Waals surface area contributed by atoms with Crippen molar-refractivity contribution in [2.75, 3.05) is 25.0 Å². The fourth-order valence-corrected chi connectivity index (χ4v) is 3.20. The Morgan fingerprint density at radius 3 is 2.57 bits per heavy atom. The van der Waals surface area contributed by atoms with Crippen molar-refractivity contribution in [2.24, 2.45) is 0 Å². The molecule has 2 unspecified atom stereocenters. The van der Waals surface area contributed by atoms with Crippen molar-refractivity contribution in [1.29, 1.82) is 0 Å². The summed E-state index contributed by atoms with van der Waals surface area (Å²) in [6.45, 7) is 1.55. The molecule has 0 amide bonds. The van der Waals surface area contributed by atoms with Crippen molar-refractivity contribution in [3.8, 4) is 0 Å². The number of hydrogen-bond donors (Lipinski definition) is 0. The highest BCUT2D eigenvalue weighted by molar-refractivity contribution is 9.09. The highest BCUT2D eigenvalue weighted by atomic mass is 79.9. The van der Waals surface area contributed by atoms with E-state index in [9.17, 15) is 13.6 Å². The lowest BCUT2D eigenvalue weighted by Gasteiger charge is -2.28. The van der Waals surface area contributed by atoms with Gasteiger partial charge in [0, 0.05) is 25.0 Å². The molecular weight excluding hydrogens is 344 g/mol. The van der Waals surface area contributed by atoms with Crippen LogP contribution in [-0.2, 0) is 16.1 Å². The second-order valence-electron chi connectivity index (χ2n) is 5.25. The SMILES string of the molecule is CCOC(=O)C1(F)CN(Cc2ccccc2)CC1(F)CBr. The highest BCUT2D eigenvalue weighted by Crippen LogP contribution is 2.41. The maximum absolute atomic E-state index is 15.0. The van der Waals surface area contributed by atoms with Crippen LogP contribution < -0.4 is 0 Å². The molecule has 21 heavy (non-hydrogen) atoms. The third kappa shape index (κ3) is 3.11. The van der Waals surface area contributed by atoms with E-state index in [1.54, 1.807) is 11.8 Å². The van der Waals surface area contributed by atoms with Crippen LogP contribution in [0.15, 0.2) is 30.3 Å². The number of halogens is 3. The molecule has 116 valence electrons. The first-order valence-corrected chi connectivity index (χ1v) is 7.94. The van der Waals surface area contributed by atoms with Crippen LogP contribution in [-0.4, -0.2) is 47.2 Å². The van der Waals surface area contributed by atoms with Crippen molar-refractivity contribution < 1.29 is 18.3 Å². The van der Waals surface area contributed by atoms with Crippen LogP contribution in [0.3, 0.4) is 0 Å². The van der Waals surface area contributed by atoms with Gasteiger partial charge in [-0.3, -0.25) is 4.90 Å². The van der Waals surface area contributed by atoms with Crippen molar-refractivity contribution in [3.63, 3.8) is 0 Å². The predicted octanol–water partition coefficient (Wildman–Crippen LogP) is 2.88. The Balaban J connectivity index is 2.17. The van der Waals surface area contributed by atoms with Gasteiger partial charge in [-0.1, -0.05) is 46.3 Å². The van der Waals surface area contributed by atoms with Gasteiger partial charge in [0.15, 0.2) is 5.67 Å². The quantitative estimate of drug-likeness (QED) is 0.596. The molecule has 0 aromatic heterocycles. The number of hydrogen-bond acceptors (Lipinski definition) is 3. The number of likely N-dealkylation sites (tertiary alicyclic amines) is 1. The van der Waals surface area contributed by atoms with E-state index in [1.165, 1.54) is 0 Å². The third-order valence-corrected chi connectivity index (χ3v) is 4.57. The van der Waals surface area contributed by atoms with Crippen LogP contribution >= 0.6 is 15.9 Å². The molecule has 1 aromatic rings. The molecule has 0 N–H and O–H groups in total. The second kappa shape index (κ2) is 6.40. The van der Waals surface area contributed by atoms with Crippen LogP contribution in [0.4, 0.5) is 8.78 Å². The Morgan fingerprint density at radius 2 is 2.00 bits per heavy atom. The van der Waals surface area contributed by atoms with Crippen LogP contribution in [0.1, 0.15) is 12.5 Å². The van der Waals surface area contributed by atoms with E-state index in [2.05, 4.69) is 15.9 Å². The minimum atomic E-state index is -2.64. The van der Waals surface area contributed by atoms with Gasteiger partial charge in [-0.2, -0.15) is 0 Å². The molecule has 0 spiro atoms. The summed E-state index contributed by atoms with van der Waals surface area (Å²) in [5.74, 6) is -1.12. The predicted molar refractivity (Wildman–Crippen MR) is 79.8 cm³/mol. The fourth-order valence-electron chi connectivity index (χ4n) is 2.58. The van der Waals surface area contributed by atoms with Gasteiger partial charge in [0.05, 0.1) is 6.61 Å². The molecule has 2 rings (SSSR count). The Kier molecular flexibility index (Phi) is 4.99. The van der Waals surface area contributed by atoms with Crippen molar-refractivity contribution >= 4 is 21.9 Å². The molecule has 1 saturated heterocycles. The van der Waals surface area contributed by atoms with E-state index < -0.39 is 17.3 Å². The Bertz CT molecular complexity index is 502. The van der Waals surface area contributed by atoms with Gasteiger partial charge < -0.3 is 4.74 Å². The van der Waals surface area contributed by atoms with Crippen LogP contribution in [0.2, 0.25) is 0 Å². The van der Waals surface area contributed by atoms with Gasteiger partial charge in [0.2, 0.25) is 0 Å². The fraction of sp³-hybridized carbons (Fsp3) is 0.533. The number of carbonyl (C=O) groups excluding carboxylic acids is 1. The molecule has 1 fully saturated rings. The third-order valence-electron chi connectivity index (χ3n) is 3.69. The minimum absolute atomic E-state index is 0.0293. The standard InChI is InChI=1S/C15H18BrF2NO2/c1-2-21-13(20)15(18)11-19(10-14(15,17)9-16)8-12-6-4-3-5-7-12/h3-7H,2,8-11H2,1H3. The summed E-state index contributed by atoms with van der Waals surface area (Å²) in [4.78, 5) is 13.5. The Morgan fingerprint density at radius 1 is 1.33 bits per heavy atom. The molecule has 1 heterocycles. The molecule has 1 aliphatic heterocycles. The van der Waals surface area contributed by atoms with E-state index in [4.69, 9.17) is 4.74 Å². The Hall–Kier alpha value is -1.01. The first-order valence-electron chi connectivity index (χ1n) is 6.82. The second-order valence-corrected chi connectivity index (χ2v) is 5.81. The lowest BCUT2D eigenvalue weighted by atomic mass is 9.91. The molecule has 0 radical (unpaired) electrons. The number of benzene rings is 1. The van der Waals surface area contributed by atoms with Gasteiger partial charge >= 0.3 is 5.97 Å². The monoisotopic (exact) mass is 361 g/mol. The van der Waals surface area contributed by atoms with Gasteiger partial charge in [-0.25, -0.2) is 13.6 Å². The normalized spacial score (nSPS) is 29.5. The van der Waals surface area contributed by atoms with Crippen molar-refractivity contribution in [3.05, 3.63) is 35.9 Å². The molecule has 2 atom stereocenters. The summed E-state index contributed by atoms with van der Waals surface area (Å²) in [7, 11) is 0. The number of ether oxygens (including phenoxy) is 1. The zero-order chi connectivity index (χ0) is 15.5. The number of rotatable bonds is 5. The first kappa shape index (κ1) is 16.4. The minimum Gasteiger partial charge on any atom is -0.463 e. The summed E-state index contributed by atoms with van der Waals surface area (Å²) in [6.07, 6.45) is 0. The molecule has 0 bridgehead atoms. The molecular formula is C15H18BrF2NO2. The average Bonchev–Trinajstić information content (AvgIpc) is 2.73. The summed E-state index contributed by atoms with van der Waals surface area (Å²) < 4.78 is 34.5. The largest absolute Gasteiger partial charge is 0.463 e. The van der Waals surface area contributed by atoms with Crippen molar-refractivity contribution in [2.45, 2.75) is 24.8 Å². The average molecular weight is 362 g/mol. The van der Waals surface area contributed by atoms with E-state index in [0.29, 0.717) is 6.54 Å². The zero-order valence-electron chi connectivity index (χ0n) is 11.8. The molecule has 0 aliphatic carbocycles. The number of esters is 1. The molecule has 1 aliphatic rings. The molecule has 3 nitrogen and oxygen atoms in total. The van der Waals surface area contributed by atoms with Gasteiger partial charge in [0.25, 0.3) is 5.67 Å². The maximum Gasteiger partial charge on any atom is 0.348 e. The maximum atomic E-state index is 15.0. The van der Waals surface area contributed by atoms with Crippen LogP contribution in [0.5, 0.6) is 0 Å². The summed E-state index contributed by atoms with van der Waals surface area (Å²) in [6, 6.07) is 9.38. The highest BCUT2D eigenvalue weighted by Gasteiger charge is 2.65. The van der Waals surface area contributed by atoms with Gasteiger partial charge in [-0.05, 0) is 12.5 Å². The lowest BCUT2D eigenvalue weighted by molar-refractivity contribution is -0.164. The number of carbonyl (C=O) groups is 1. The van der Waals surface area contributed by atoms with E-state index in [-0.39, 0.29) is 25.0 Å². The smallest absolute Gasteiger partial charge is 0.348 e. The molecule has 0 saturated carbocycles. The first-order chi connectivity index (χ1) is 9.95. The lowest BCUT2D eigenvalue weighted by Crippen LogP contribution is -2.54. The summed E-state index contributed by atoms with van der Waals surface area (Å²) in [5.41, 5.74) is -3.97. The van der Waals surface area contributed by atoms with Crippen LogP contribution in [0.25, 0.3) is 0 Å². The summed E-state index contributed by atoms with van der Waals surface area (Å²) >= 11 is 2.99. The van der Waals surface area contributed by atoms with E-state index in [0.717, 1.165) is 5.56 Å². The summed E-state index contributed by atoms with van der Waals surface area (Å²) in [5, 5.41) is -0.249. The number of alkyl halides is 3. The van der Waals surface area contributed by atoms with Gasteiger partial charge in [-0.15, -0.1) is 0 Å². The van der Waals surface area contributed by atoms with E-state index >= 15 is 0 Å². The molecule has 1 aromatic carbocycles. The van der Waals surface area contributed by atoms with Crippen molar-refractivity contribution in [1.82, 2.24) is 4.90 Å². The Labute approximate surface area is 131 Å². The van der Waals surface area contributed by atoms with Crippen LogP contribution in [0, 0.1) is 0 Å². The topological polar surface area (TPSA) is 29.5 Å². The van der Waals surface area contributed by atoms with Gasteiger partial charge in [0.1, 0.15) is 0 Å². The molecule has 6 heteroatoms.